The SMILES string of the molecule is CC[S@](=O)CCC(=O)Nc1ccc(NC(=O)c2ccc(C)o2)cc1. The zero-order valence-corrected chi connectivity index (χ0v) is 14.4. The summed E-state index contributed by atoms with van der Waals surface area (Å²) < 4.78 is 16.6. The topological polar surface area (TPSA) is 88.4 Å². The molecule has 0 saturated carbocycles. The Labute approximate surface area is 143 Å². The van der Waals surface area contributed by atoms with Crippen LogP contribution >= 0.6 is 0 Å². The third kappa shape index (κ3) is 5.34. The lowest BCUT2D eigenvalue weighted by atomic mass is 10.2. The zero-order valence-electron chi connectivity index (χ0n) is 13.6. The molecule has 2 aromatic rings. The van der Waals surface area contributed by atoms with Crippen molar-refractivity contribution in [3.8, 4) is 0 Å². The number of hydrogen-bond donors (Lipinski definition) is 2. The van der Waals surface area contributed by atoms with Gasteiger partial charge in [-0.05, 0) is 43.3 Å². The van der Waals surface area contributed by atoms with Crippen molar-refractivity contribution in [1.29, 1.82) is 0 Å². The second-order valence-electron chi connectivity index (χ2n) is 5.17. The first-order valence-electron chi connectivity index (χ1n) is 7.60. The number of anilines is 2. The first-order valence-corrected chi connectivity index (χ1v) is 9.09. The molecule has 0 aliphatic rings. The fourth-order valence-electron chi connectivity index (χ4n) is 1.96. The van der Waals surface area contributed by atoms with E-state index in [0.717, 1.165) is 0 Å². The summed E-state index contributed by atoms with van der Waals surface area (Å²) in [5.41, 5.74) is 1.22. The van der Waals surface area contributed by atoms with E-state index in [1.54, 1.807) is 43.3 Å². The Morgan fingerprint density at radius 3 is 2.21 bits per heavy atom. The lowest BCUT2D eigenvalue weighted by Crippen LogP contribution is -2.15. The van der Waals surface area contributed by atoms with E-state index in [4.69, 9.17) is 4.42 Å². The second kappa shape index (κ2) is 8.44. The van der Waals surface area contributed by atoms with Gasteiger partial charge in [-0.3, -0.25) is 13.8 Å². The number of carbonyl (C=O) groups is 2. The molecule has 0 unspecified atom stereocenters. The van der Waals surface area contributed by atoms with Crippen LogP contribution in [0.5, 0.6) is 0 Å². The number of benzene rings is 1. The molecule has 128 valence electrons. The average molecular weight is 348 g/mol. The van der Waals surface area contributed by atoms with Gasteiger partial charge in [0.15, 0.2) is 5.76 Å². The largest absolute Gasteiger partial charge is 0.456 e. The molecule has 2 amide bonds. The molecule has 0 aliphatic heterocycles. The summed E-state index contributed by atoms with van der Waals surface area (Å²) in [7, 11) is -0.950. The summed E-state index contributed by atoms with van der Waals surface area (Å²) in [5, 5.41) is 5.45. The maximum atomic E-state index is 12.0. The monoisotopic (exact) mass is 348 g/mol. The van der Waals surface area contributed by atoms with Gasteiger partial charge >= 0.3 is 0 Å². The van der Waals surface area contributed by atoms with E-state index in [9.17, 15) is 13.8 Å². The minimum absolute atomic E-state index is 0.181. The molecule has 0 spiro atoms. The van der Waals surface area contributed by atoms with Crippen LogP contribution in [0.3, 0.4) is 0 Å². The van der Waals surface area contributed by atoms with Crippen molar-refractivity contribution in [2.24, 2.45) is 0 Å². The van der Waals surface area contributed by atoms with Gasteiger partial charge in [-0.1, -0.05) is 6.92 Å². The number of hydrogen-bond acceptors (Lipinski definition) is 4. The van der Waals surface area contributed by atoms with Crippen molar-refractivity contribution in [3.05, 3.63) is 47.9 Å². The van der Waals surface area contributed by atoms with E-state index in [0.29, 0.717) is 28.6 Å². The molecule has 6 nitrogen and oxygen atoms in total. The number of aryl methyl sites for hydroxylation is 1. The Kier molecular flexibility index (Phi) is 6.31. The summed E-state index contributed by atoms with van der Waals surface area (Å²) in [6, 6.07) is 10.1. The molecular formula is C17H20N2O4S. The Balaban J connectivity index is 1.87. The number of amides is 2. The summed E-state index contributed by atoms with van der Waals surface area (Å²) in [6.45, 7) is 3.59. The highest BCUT2D eigenvalue weighted by Gasteiger charge is 2.10. The van der Waals surface area contributed by atoms with Crippen LogP contribution in [0, 0.1) is 6.92 Å². The van der Waals surface area contributed by atoms with Gasteiger partial charge in [0, 0.05) is 40.1 Å². The van der Waals surface area contributed by atoms with Gasteiger partial charge in [-0.25, -0.2) is 0 Å². The van der Waals surface area contributed by atoms with Crippen molar-refractivity contribution < 1.29 is 18.2 Å². The Bertz CT molecular complexity index is 737. The van der Waals surface area contributed by atoms with E-state index in [1.807, 2.05) is 6.92 Å². The highest BCUT2D eigenvalue weighted by atomic mass is 32.2. The minimum atomic E-state index is -0.950. The molecule has 7 heteroatoms. The molecule has 2 rings (SSSR count). The number of carbonyl (C=O) groups excluding carboxylic acids is 2. The molecule has 0 aliphatic carbocycles. The van der Waals surface area contributed by atoms with Crippen LogP contribution < -0.4 is 10.6 Å². The van der Waals surface area contributed by atoms with E-state index in [1.165, 1.54) is 0 Å². The Morgan fingerprint density at radius 2 is 1.67 bits per heavy atom. The van der Waals surface area contributed by atoms with Gasteiger partial charge in [0.2, 0.25) is 5.91 Å². The highest BCUT2D eigenvalue weighted by molar-refractivity contribution is 7.84. The summed E-state index contributed by atoms with van der Waals surface area (Å²) in [4.78, 5) is 23.7. The van der Waals surface area contributed by atoms with Crippen LogP contribution in [0.4, 0.5) is 11.4 Å². The van der Waals surface area contributed by atoms with Gasteiger partial charge in [-0.15, -0.1) is 0 Å². The van der Waals surface area contributed by atoms with Crippen molar-refractivity contribution in [1.82, 2.24) is 0 Å². The molecule has 1 aromatic carbocycles. The highest BCUT2D eigenvalue weighted by Crippen LogP contribution is 2.15. The van der Waals surface area contributed by atoms with Crippen molar-refractivity contribution in [3.63, 3.8) is 0 Å². The maximum Gasteiger partial charge on any atom is 0.291 e. The Morgan fingerprint density at radius 1 is 1.04 bits per heavy atom. The summed E-state index contributed by atoms with van der Waals surface area (Å²) in [6.07, 6.45) is 0.219. The predicted molar refractivity (Wildman–Crippen MR) is 94.6 cm³/mol. The average Bonchev–Trinajstić information content (AvgIpc) is 3.01. The molecule has 24 heavy (non-hydrogen) atoms. The second-order valence-corrected chi connectivity index (χ2v) is 7.04. The number of nitrogens with one attached hydrogen (secondary N) is 2. The number of furan rings is 1. The van der Waals surface area contributed by atoms with Crippen molar-refractivity contribution in [2.75, 3.05) is 22.1 Å². The maximum absolute atomic E-state index is 12.0. The third-order valence-electron chi connectivity index (χ3n) is 3.27. The first kappa shape index (κ1) is 17.9. The van der Waals surface area contributed by atoms with Gasteiger partial charge in [0.05, 0.1) is 0 Å². The smallest absolute Gasteiger partial charge is 0.291 e. The summed E-state index contributed by atoms with van der Waals surface area (Å²) in [5.74, 6) is 1.31. The van der Waals surface area contributed by atoms with Crippen LogP contribution in [-0.2, 0) is 15.6 Å². The predicted octanol–water partition coefficient (Wildman–Crippen LogP) is 2.94. The van der Waals surface area contributed by atoms with Gasteiger partial charge < -0.3 is 15.1 Å². The van der Waals surface area contributed by atoms with Crippen LogP contribution in [0.2, 0.25) is 0 Å². The van der Waals surface area contributed by atoms with Gasteiger partial charge in [0.1, 0.15) is 5.76 Å². The van der Waals surface area contributed by atoms with E-state index >= 15 is 0 Å². The van der Waals surface area contributed by atoms with Gasteiger partial charge in [0.25, 0.3) is 5.91 Å². The van der Waals surface area contributed by atoms with Crippen LogP contribution in [0.25, 0.3) is 0 Å². The van der Waals surface area contributed by atoms with Crippen LogP contribution in [-0.4, -0.2) is 27.5 Å². The van der Waals surface area contributed by atoms with E-state index < -0.39 is 10.8 Å². The van der Waals surface area contributed by atoms with E-state index in [-0.39, 0.29) is 24.0 Å². The fourth-order valence-corrected chi connectivity index (χ4v) is 2.66. The fraction of sp³-hybridized carbons (Fsp3) is 0.294. The molecule has 0 saturated heterocycles. The molecule has 1 aromatic heterocycles. The van der Waals surface area contributed by atoms with Crippen LogP contribution in [0.1, 0.15) is 29.7 Å². The lowest BCUT2D eigenvalue weighted by molar-refractivity contribution is -0.115. The molecule has 0 fully saturated rings. The molecule has 1 heterocycles. The van der Waals surface area contributed by atoms with Gasteiger partial charge in [-0.2, -0.15) is 0 Å². The minimum Gasteiger partial charge on any atom is -0.456 e. The van der Waals surface area contributed by atoms with Crippen molar-refractivity contribution >= 4 is 34.0 Å². The van der Waals surface area contributed by atoms with Crippen LogP contribution in [0.15, 0.2) is 40.8 Å². The normalized spacial score (nSPS) is 11.8. The molecule has 1 atom stereocenters. The zero-order chi connectivity index (χ0) is 17.5. The molecule has 0 radical (unpaired) electrons. The molecule has 0 bridgehead atoms. The lowest BCUT2D eigenvalue weighted by Gasteiger charge is -2.07. The molecule has 2 N–H and O–H groups in total. The van der Waals surface area contributed by atoms with E-state index in [2.05, 4.69) is 10.6 Å². The molecular weight excluding hydrogens is 328 g/mol. The Hall–Kier alpha value is -2.41. The third-order valence-corrected chi connectivity index (χ3v) is 4.57. The number of rotatable bonds is 7. The first-order chi connectivity index (χ1) is 11.5. The quantitative estimate of drug-likeness (QED) is 0.805. The summed E-state index contributed by atoms with van der Waals surface area (Å²) >= 11 is 0. The van der Waals surface area contributed by atoms with Crippen molar-refractivity contribution in [2.45, 2.75) is 20.3 Å². The standard InChI is InChI=1S/C17H20N2O4S/c1-3-24(22)11-10-16(20)18-13-5-7-14(8-6-13)19-17(21)15-9-4-12(2)23-15/h4-9H,3,10-11H2,1-2H3,(H,18,20)(H,19,21)/t24-/m0/s1.